The number of rotatable bonds is 4. The number of hydrogen-bond acceptors (Lipinski definition) is 11. The lowest BCUT2D eigenvalue weighted by molar-refractivity contribution is -0.410. The van der Waals surface area contributed by atoms with Crippen molar-refractivity contribution in [2.45, 2.75) is 29.6 Å². The summed E-state index contributed by atoms with van der Waals surface area (Å²) in [4.78, 5) is 26.4. The topological polar surface area (TPSA) is 201 Å². The summed E-state index contributed by atoms with van der Waals surface area (Å²) in [5.41, 5.74) is 13.6. The van der Waals surface area contributed by atoms with Gasteiger partial charge in [-0.15, -0.1) is 0 Å². The van der Waals surface area contributed by atoms with Crippen molar-refractivity contribution in [2.75, 3.05) is 17.2 Å². The zero-order valence-electron chi connectivity index (χ0n) is 14.8. The fourth-order valence-corrected chi connectivity index (χ4v) is 4.36. The molecule has 1 fully saturated rings. The van der Waals surface area contributed by atoms with Crippen LogP contribution < -0.4 is 16.5 Å². The number of fused-ring (bicyclic) bond motifs is 2. The van der Waals surface area contributed by atoms with Gasteiger partial charge in [-0.25, -0.2) is 24.9 Å². The van der Waals surface area contributed by atoms with Gasteiger partial charge in [-0.3, -0.25) is 10.3 Å². The molecular formula is C15H17N10O3S+. The van der Waals surface area contributed by atoms with Gasteiger partial charge in [-0.1, -0.05) is 11.8 Å². The monoisotopic (exact) mass is 417 g/mol. The van der Waals surface area contributed by atoms with E-state index in [1.165, 1.54) is 35.3 Å². The number of nitrogens with zero attached hydrogens (tertiary/aromatic N) is 6. The molecule has 29 heavy (non-hydrogen) atoms. The lowest BCUT2D eigenvalue weighted by Gasteiger charge is -2.16. The number of thioether (sulfide) groups is 1. The van der Waals surface area contributed by atoms with Gasteiger partial charge in [-0.05, 0) is 4.98 Å². The normalized spacial score (nSPS) is 24.6. The van der Waals surface area contributed by atoms with Gasteiger partial charge in [-0.2, -0.15) is 0 Å². The van der Waals surface area contributed by atoms with Crippen LogP contribution in [0.3, 0.4) is 0 Å². The number of hydrogen-bond donors (Lipinski definition) is 5. The second kappa shape index (κ2) is 6.77. The van der Waals surface area contributed by atoms with Crippen molar-refractivity contribution in [3.8, 4) is 0 Å². The van der Waals surface area contributed by atoms with E-state index < -0.39 is 24.5 Å². The number of aromatic nitrogens is 8. The van der Waals surface area contributed by atoms with Crippen LogP contribution in [0.15, 0.2) is 24.0 Å². The van der Waals surface area contributed by atoms with Gasteiger partial charge in [0.1, 0.15) is 29.6 Å². The first-order valence-corrected chi connectivity index (χ1v) is 9.60. The minimum absolute atomic E-state index is 0.222. The van der Waals surface area contributed by atoms with Crippen LogP contribution in [0.25, 0.3) is 22.3 Å². The van der Waals surface area contributed by atoms with E-state index >= 15 is 0 Å². The van der Waals surface area contributed by atoms with Crippen LogP contribution in [0.2, 0.25) is 0 Å². The molecule has 14 heteroatoms. The number of aromatic amines is 2. The first-order valence-electron chi connectivity index (χ1n) is 8.62. The number of nitrogens with one attached hydrogen (secondary N) is 2. The zero-order valence-corrected chi connectivity index (χ0v) is 15.6. The average Bonchev–Trinajstić information content (AvgIpc) is 3.40. The minimum atomic E-state index is -1.17. The van der Waals surface area contributed by atoms with Crippen LogP contribution in [-0.4, -0.2) is 68.7 Å². The molecule has 150 valence electrons. The fraction of sp³-hybridized carbons (Fsp3) is 0.333. The van der Waals surface area contributed by atoms with Crippen molar-refractivity contribution in [2.24, 2.45) is 0 Å². The van der Waals surface area contributed by atoms with E-state index in [2.05, 4.69) is 34.9 Å². The molecule has 0 amide bonds. The molecule has 8 N–H and O–H groups in total. The Hall–Kier alpha value is -3.07. The Labute approximate surface area is 166 Å². The molecule has 0 spiro atoms. The molecule has 4 aromatic rings. The molecule has 4 aromatic heterocycles. The van der Waals surface area contributed by atoms with Gasteiger partial charge in [0.05, 0.1) is 18.8 Å². The molecule has 4 atom stereocenters. The van der Waals surface area contributed by atoms with Crippen molar-refractivity contribution in [3.05, 3.63) is 19.0 Å². The van der Waals surface area contributed by atoms with Crippen LogP contribution in [0.5, 0.6) is 0 Å². The van der Waals surface area contributed by atoms with E-state index in [1.54, 1.807) is 0 Å². The van der Waals surface area contributed by atoms with E-state index in [0.29, 0.717) is 33.1 Å². The maximum absolute atomic E-state index is 10.5. The number of aliphatic hydroxyl groups is 2. The summed E-state index contributed by atoms with van der Waals surface area (Å²) < 4.78 is 7.48. The van der Waals surface area contributed by atoms with Crippen molar-refractivity contribution < 1.29 is 19.9 Å². The predicted molar refractivity (Wildman–Crippen MR) is 101 cm³/mol. The van der Waals surface area contributed by atoms with E-state index in [4.69, 9.17) is 16.2 Å². The van der Waals surface area contributed by atoms with E-state index in [1.807, 2.05) is 0 Å². The Balaban J connectivity index is 1.38. The third kappa shape index (κ3) is 2.93. The van der Waals surface area contributed by atoms with Crippen molar-refractivity contribution in [1.82, 2.24) is 34.5 Å². The predicted octanol–water partition coefficient (Wildman–Crippen LogP) is -1.51. The quantitative estimate of drug-likeness (QED) is 0.191. The van der Waals surface area contributed by atoms with Crippen molar-refractivity contribution in [3.63, 3.8) is 0 Å². The van der Waals surface area contributed by atoms with Crippen LogP contribution >= 0.6 is 11.8 Å². The van der Waals surface area contributed by atoms with Gasteiger partial charge in [0.15, 0.2) is 22.7 Å². The second-order valence-electron chi connectivity index (χ2n) is 6.49. The second-order valence-corrected chi connectivity index (χ2v) is 7.52. The summed E-state index contributed by atoms with van der Waals surface area (Å²) in [6.07, 6.45) is 0.477. The summed E-state index contributed by atoms with van der Waals surface area (Å²) in [7, 11) is 0. The molecule has 0 bridgehead atoms. The Morgan fingerprint density at radius 2 is 2.07 bits per heavy atom. The van der Waals surface area contributed by atoms with E-state index in [9.17, 15) is 10.2 Å². The third-order valence-electron chi connectivity index (χ3n) is 4.70. The van der Waals surface area contributed by atoms with E-state index in [-0.39, 0.29) is 11.8 Å². The molecule has 1 aliphatic heterocycles. The SMILES string of the molecule is Nc1nc2nc[nH]c2c(SC[C@H]2O[C@@H](n3cnc4c(N)ncnc43)[C@H](O)[C@@H]2O)[nH+]1. The summed E-state index contributed by atoms with van der Waals surface area (Å²) in [5.74, 6) is 0.787. The first kappa shape index (κ1) is 18.0. The highest BCUT2D eigenvalue weighted by Crippen LogP contribution is 2.34. The molecule has 0 aromatic carbocycles. The Kier molecular flexibility index (Phi) is 4.20. The van der Waals surface area contributed by atoms with Gasteiger partial charge < -0.3 is 25.7 Å². The number of anilines is 2. The number of nitrogen functional groups attached to an aromatic ring is 2. The third-order valence-corrected chi connectivity index (χ3v) is 5.79. The minimum Gasteiger partial charge on any atom is -0.387 e. The van der Waals surface area contributed by atoms with Crippen LogP contribution in [0.4, 0.5) is 11.8 Å². The highest BCUT2D eigenvalue weighted by molar-refractivity contribution is 7.99. The van der Waals surface area contributed by atoms with Crippen LogP contribution in [0.1, 0.15) is 6.23 Å². The van der Waals surface area contributed by atoms with Gasteiger partial charge in [0.2, 0.25) is 0 Å². The standard InChI is InChI=1S/C15H16N10O3S/c16-10-6-12(21-3-19-10)25(4-22-6)14-9(27)8(26)5(28-14)1-29-13-7-11(20-2-18-7)23-15(17)24-13/h2-5,8-9,14,26-27H,1H2,(H2,16,19,21)(H3,17,18,20,23,24)/p+1/t5-,8-,9-,14-/m1/s1. The fourth-order valence-electron chi connectivity index (χ4n) is 3.29. The number of imidazole rings is 2. The molecular weight excluding hydrogens is 400 g/mol. The van der Waals surface area contributed by atoms with Crippen molar-refractivity contribution >= 4 is 45.9 Å². The number of nitrogens with two attached hydrogens (primary N) is 2. The largest absolute Gasteiger partial charge is 0.390 e. The molecule has 1 aliphatic rings. The van der Waals surface area contributed by atoms with Crippen molar-refractivity contribution in [1.29, 1.82) is 0 Å². The molecule has 13 nitrogen and oxygen atoms in total. The molecule has 5 rings (SSSR count). The summed E-state index contributed by atoms with van der Waals surface area (Å²) in [6.45, 7) is 0. The molecule has 1 saturated heterocycles. The Morgan fingerprint density at radius 1 is 1.21 bits per heavy atom. The molecule has 0 saturated carbocycles. The molecule has 0 aliphatic carbocycles. The average molecular weight is 417 g/mol. The highest BCUT2D eigenvalue weighted by atomic mass is 32.2. The number of aliphatic hydroxyl groups excluding tert-OH is 2. The van der Waals surface area contributed by atoms with Crippen LogP contribution in [0, 0.1) is 0 Å². The number of H-pyrrole nitrogens is 2. The summed E-state index contributed by atoms with van der Waals surface area (Å²) >= 11 is 1.36. The molecule has 0 unspecified atom stereocenters. The summed E-state index contributed by atoms with van der Waals surface area (Å²) in [5, 5.41) is 21.8. The molecule has 5 heterocycles. The van der Waals surface area contributed by atoms with Crippen LogP contribution in [-0.2, 0) is 4.74 Å². The zero-order chi connectivity index (χ0) is 20.1. The van der Waals surface area contributed by atoms with Gasteiger partial charge in [0.25, 0.3) is 5.65 Å². The summed E-state index contributed by atoms with van der Waals surface area (Å²) in [6, 6.07) is 0. The smallest absolute Gasteiger partial charge is 0.387 e. The van der Waals surface area contributed by atoms with Gasteiger partial charge in [0, 0.05) is 5.75 Å². The highest BCUT2D eigenvalue weighted by Gasteiger charge is 2.44. The Morgan fingerprint density at radius 3 is 2.93 bits per heavy atom. The lowest BCUT2D eigenvalue weighted by atomic mass is 10.1. The van der Waals surface area contributed by atoms with Gasteiger partial charge >= 0.3 is 5.95 Å². The van der Waals surface area contributed by atoms with E-state index in [0.717, 1.165) is 0 Å². The molecule has 0 radical (unpaired) electrons. The maximum Gasteiger partial charge on any atom is 0.390 e. The lowest BCUT2D eigenvalue weighted by Crippen LogP contribution is -2.32. The first-order chi connectivity index (χ1) is 14.0. The maximum atomic E-state index is 10.5. The Bertz CT molecular complexity index is 1200. The number of ether oxygens (including phenoxy) is 1.